The summed E-state index contributed by atoms with van der Waals surface area (Å²) in [4.78, 5) is 15.8. The van der Waals surface area contributed by atoms with E-state index in [4.69, 9.17) is 9.47 Å². The van der Waals surface area contributed by atoms with Crippen molar-refractivity contribution in [1.29, 1.82) is 0 Å². The first-order chi connectivity index (χ1) is 12.7. The monoisotopic (exact) mass is 351 g/mol. The van der Waals surface area contributed by atoms with Crippen LogP contribution in [-0.4, -0.2) is 32.2 Å². The number of ether oxygens (including phenoxy) is 2. The number of azo groups is 1. The average molecular weight is 351 g/mol. The molecule has 26 heavy (non-hydrogen) atoms. The van der Waals surface area contributed by atoms with Gasteiger partial charge in [0, 0.05) is 19.1 Å². The van der Waals surface area contributed by atoms with Gasteiger partial charge in [0.1, 0.15) is 12.6 Å². The van der Waals surface area contributed by atoms with E-state index < -0.39 is 0 Å². The lowest BCUT2D eigenvalue weighted by Crippen LogP contribution is -2.10. The molecule has 0 saturated carbocycles. The molecule has 6 nitrogen and oxygen atoms in total. The molecule has 6 heteroatoms. The molecule has 0 fully saturated rings. The SMILES string of the molecule is COCOC(CC(C)=O)c1ccc(-c2ccccc2C2=NCN=N2)cc1. The van der Waals surface area contributed by atoms with Crippen LogP contribution < -0.4 is 0 Å². The number of hydrogen-bond donors (Lipinski definition) is 0. The lowest BCUT2D eigenvalue weighted by molar-refractivity contribution is -0.124. The molecule has 0 spiro atoms. The largest absolute Gasteiger partial charge is 0.359 e. The second-order valence-corrected chi connectivity index (χ2v) is 6.00. The van der Waals surface area contributed by atoms with Gasteiger partial charge in [-0.25, -0.2) is 4.99 Å². The van der Waals surface area contributed by atoms with Crippen LogP contribution in [0.25, 0.3) is 11.1 Å². The van der Waals surface area contributed by atoms with Crippen LogP contribution in [0, 0.1) is 0 Å². The van der Waals surface area contributed by atoms with Gasteiger partial charge in [0.25, 0.3) is 0 Å². The fourth-order valence-corrected chi connectivity index (χ4v) is 2.86. The van der Waals surface area contributed by atoms with E-state index in [0.29, 0.717) is 18.9 Å². The first-order valence-electron chi connectivity index (χ1n) is 8.40. The Morgan fingerprint density at radius 2 is 1.85 bits per heavy atom. The molecule has 1 atom stereocenters. The van der Waals surface area contributed by atoms with Gasteiger partial charge in [-0.2, -0.15) is 5.11 Å². The van der Waals surface area contributed by atoms with Gasteiger partial charge >= 0.3 is 0 Å². The van der Waals surface area contributed by atoms with Crippen LogP contribution in [-0.2, 0) is 14.3 Å². The van der Waals surface area contributed by atoms with E-state index in [1.54, 1.807) is 14.0 Å². The Bertz CT molecular complexity index is 828. The van der Waals surface area contributed by atoms with Gasteiger partial charge in [0.15, 0.2) is 12.5 Å². The van der Waals surface area contributed by atoms with Crippen LogP contribution in [0.4, 0.5) is 0 Å². The van der Waals surface area contributed by atoms with Crippen LogP contribution in [0.2, 0.25) is 0 Å². The number of rotatable bonds is 8. The number of ketones is 1. The minimum atomic E-state index is -0.315. The van der Waals surface area contributed by atoms with Gasteiger partial charge in [-0.15, -0.1) is 5.11 Å². The molecule has 0 N–H and O–H groups in total. The molecule has 0 aromatic heterocycles. The highest BCUT2D eigenvalue weighted by Crippen LogP contribution is 2.29. The summed E-state index contributed by atoms with van der Waals surface area (Å²) in [5, 5.41) is 8.04. The maximum Gasteiger partial charge on any atom is 0.179 e. The molecule has 1 unspecified atom stereocenters. The van der Waals surface area contributed by atoms with Gasteiger partial charge in [0.2, 0.25) is 0 Å². The highest BCUT2D eigenvalue weighted by Gasteiger charge is 2.16. The second-order valence-electron chi connectivity index (χ2n) is 6.00. The van der Waals surface area contributed by atoms with Gasteiger partial charge < -0.3 is 9.47 Å². The third kappa shape index (κ3) is 4.28. The average Bonchev–Trinajstić information content (AvgIpc) is 3.20. The van der Waals surface area contributed by atoms with Crippen LogP contribution in [0.1, 0.15) is 30.6 Å². The normalized spacial score (nSPS) is 14.3. The number of aliphatic imine (C=N–C) groups is 1. The third-order valence-electron chi connectivity index (χ3n) is 4.07. The zero-order valence-corrected chi connectivity index (χ0v) is 14.9. The Balaban J connectivity index is 1.88. The molecule has 1 heterocycles. The summed E-state index contributed by atoms with van der Waals surface area (Å²) in [6.45, 7) is 2.09. The molecule has 0 aliphatic carbocycles. The fourth-order valence-electron chi connectivity index (χ4n) is 2.86. The number of carbonyl (C=O) groups is 1. The van der Waals surface area contributed by atoms with Crippen molar-refractivity contribution in [3.8, 4) is 11.1 Å². The van der Waals surface area contributed by atoms with Gasteiger partial charge in [0.05, 0.1) is 6.10 Å². The van der Waals surface area contributed by atoms with Crippen LogP contribution in [0.5, 0.6) is 0 Å². The van der Waals surface area contributed by atoms with E-state index in [0.717, 1.165) is 22.3 Å². The maximum absolute atomic E-state index is 11.5. The molecule has 0 bridgehead atoms. The Kier molecular flexibility index (Phi) is 5.99. The van der Waals surface area contributed by atoms with E-state index in [2.05, 4.69) is 15.2 Å². The molecular weight excluding hydrogens is 330 g/mol. The predicted molar refractivity (Wildman–Crippen MR) is 99.1 cm³/mol. The van der Waals surface area contributed by atoms with E-state index in [-0.39, 0.29) is 18.7 Å². The molecule has 1 aliphatic heterocycles. The van der Waals surface area contributed by atoms with Crippen molar-refractivity contribution in [1.82, 2.24) is 0 Å². The lowest BCUT2D eigenvalue weighted by atomic mass is 9.96. The molecule has 134 valence electrons. The van der Waals surface area contributed by atoms with Crippen molar-refractivity contribution in [2.45, 2.75) is 19.4 Å². The maximum atomic E-state index is 11.5. The lowest BCUT2D eigenvalue weighted by Gasteiger charge is -2.17. The Morgan fingerprint density at radius 3 is 2.46 bits per heavy atom. The van der Waals surface area contributed by atoms with Crippen molar-refractivity contribution in [3.63, 3.8) is 0 Å². The summed E-state index contributed by atoms with van der Waals surface area (Å²) in [5.41, 5.74) is 3.98. The Morgan fingerprint density at radius 1 is 1.12 bits per heavy atom. The molecule has 2 aromatic rings. The highest BCUT2D eigenvalue weighted by atomic mass is 16.7. The number of Topliss-reactive ketones (excluding diaryl/α,β-unsaturated/α-hetero) is 1. The van der Waals surface area contributed by atoms with Crippen molar-refractivity contribution in [2.75, 3.05) is 20.6 Å². The minimum Gasteiger partial charge on any atom is -0.359 e. The van der Waals surface area contributed by atoms with Crippen molar-refractivity contribution in [3.05, 3.63) is 59.7 Å². The van der Waals surface area contributed by atoms with Crippen molar-refractivity contribution >= 4 is 11.6 Å². The summed E-state index contributed by atoms with van der Waals surface area (Å²) in [7, 11) is 1.56. The van der Waals surface area contributed by atoms with Gasteiger partial charge in [-0.05, 0) is 23.6 Å². The number of nitrogens with zero attached hydrogens (tertiary/aromatic N) is 3. The zero-order valence-electron chi connectivity index (χ0n) is 14.9. The third-order valence-corrected chi connectivity index (χ3v) is 4.07. The van der Waals surface area contributed by atoms with E-state index in [1.807, 2.05) is 48.5 Å². The van der Waals surface area contributed by atoms with Crippen molar-refractivity contribution in [2.24, 2.45) is 15.2 Å². The van der Waals surface area contributed by atoms with Gasteiger partial charge in [-0.3, -0.25) is 4.79 Å². The van der Waals surface area contributed by atoms with E-state index >= 15 is 0 Å². The highest BCUT2D eigenvalue weighted by molar-refractivity contribution is 6.05. The quantitative estimate of drug-likeness (QED) is 0.670. The minimum absolute atomic E-state index is 0.0742. The van der Waals surface area contributed by atoms with Crippen LogP contribution >= 0.6 is 0 Å². The number of methoxy groups -OCH3 is 1. The van der Waals surface area contributed by atoms with E-state index in [1.165, 1.54) is 0 Å². The topological polar surface area (TPSA) is 72.6 Å². The smallest absolute Gasteiger partial charge is 0.179 e. The zero-order chi connectivity index (χ0) is 18.4. The number of amidine groups is 1. The Hall–Kier alpha value is -2.70. The van der Waals surface area contributed by atoms with Gasteiger partial charge in [-0.1, -0.05) is 48.5 Å². The molecular formula is C20H21N3O3. The van der Waals surface area contributed by atoms with Crippen LogP contribution in [0.3, 0.4) is 0 Å². The molecule has 3 rings (SSSR count). The molecule has 0 radical (unpaired) electrons. The van der Waals surface area contributed by atoms with Crippen molar-refractivity contribution < 1.29 is 14.3 Å². The molecule has 0 amide bonds. The first kappa shape index (κ1) is 18.1. The number of carbonyl (C=O) groups excluding carboxylic acids is 1. The summed E-state index contributed by atoms with van der Waals surface area (Å²) in [6, 6.07) is 16.0. The Labute approximate surface area is 152 Å². The molecule has 2 aromatic carbocycles. The number of hydrogen-bond acceptors (Lipinski definition) is 6. The summed E-state index contributed by atoms with van der Waals surface area (Å²) < 4.78 is 10.6. The van der Waals surface area contributed by atoms with E-state index in [9.17, 15) is 4.79 Å². The molecule has 0 saturated heterocycles. The summed E-state index contributed by atoms with van der Waals surface area (Å²) in [6.07, 6.45) is 0.000911. The summed E-state index contributed by atoms with van der Waals surface area (Å²) >= 11 is 0. The second kappa shape index (κ2) is 8.60. The standard InChI is InChI=1S/C20H21N3O3/c1-14(24)11-19(26-13-25-2)16-9-7-15(8-10-16)17-5-3-4-6-18(17)20-21-12-22-23-20/h3-10,19H,11-13H2,1-2H3. The molecule has 1 aliphatic rings. The summed E-state index contributed by atoms with van der Waals surface area (Å²) in [5.74, 6) is 0.729. The van der Waals surface area contributed by atoms with Crippen LogP contribution in [0.15, 0.2) is 63.8 Å². The fraction of sp³-hybridized carbons (Fsp3) is 0.300. The number of benzene rings is 2. The predicted octanol–water partition coefficient (Wildman–Crippen LogP) is 4.16. The first-order valence-corrected chi connectivity index (χ1v) is 8.40.